The first kappa shape index (κ1) is 21.1. The first-order valence-electron chi connectivity index (χ1n) is 9.21. The van der Waals surface area contributed by atoms with Crippen molar-refractivity contribution in [3.05, 3.63) is 78.3 Å². The van der Waals surface area contributed by atoms with Gasteiger partial charge in [0, 0.05) is 5.70 Å². The number of anilines is 4. The summed E-state index contributed by atoms with van der Waals surface area (Å²) in [7, 11) is 0. The zero-order chi connectivity index (χ0) is 22.7. The summed E-state index contributed by atoms with van der Waals surface area (Å²) in [6, 6.07) is 12.7. The number of aromatic nitrogens is 2. The molecule has 0 radical (unpaired) electrons. The maximum atomic E-state index is 5.90. The quantitative estimate of drug-likeness (QED) is 0.302. The maximum absolute atomic E-state index is 5.90. The lowest BCUT2D eigenvalue weighted by atomic mass is 9.93. The average Bonchev–Trinajstić information content (AvgIpc) is 2.65. The maximum Gasteiger partial charge on any atom is 0.126 e. The predicted molar refractivity (Wildman–Crippen MR) is 128 cm³/mol. The molecule has 31 heavy (non-hydrogen) atoms. The molecule has 0 aliphatic rings. The Kier molecular flexibility index (Phi) is 5.69. The van der Waals surface area contributed by atoms with Gasteiger partial charge in [0.1, 0.15) is 23.3 Å². The third kappa shape index (κ3) is 5.24. The number of nitrogens with zero attached hydrogens (tertiary/aromatic N) is 2. The fourth-order valence-electron chi connectivity index (χ4n) is 3.20. The zero-order valence-corrected chi connectivity index (χ0v) is 16.8. The molecule has 0 aliphatic carbocycles. The summed E-state index contributed by atoms with van der Waals surface area (Å²) < 4.78 is 0. The molecule has 0 bridgehead atoms. The smallest absolute Gasteiger partial charge is 0.126 e. The third-order valence-electron chi connectivity index (χ3n) is 4.33. The Hall–Kier alpha value is -4.66. The van der Waals surface area contributed by atoms with Gasteiger partial charge in [-0.15, -0.1) is 0 Å². The Bertz CT molecular complexity index is 1110. The largest absolute Gasteiger partial charge is 0.399 e. The van der Waals surface area contributed by atoms with Gasteiger partial charge >= 0.3 is 0 Å². The molecule has 0 amide bonds. The average molecular weight is 416 g/mol. The Morgan fingerprint density at radius 2 is 1.00 bits per heavy atom. The van der Waals surface area contributed by atoms with Gasteiger partial charge in [-0.1, -0.05) is 6.58 Å². The summed E-state index contributed by atoms with van der Waals surface area (Å²) in [6.45, 7) is 3.74. The Morgan fingerprint density at radius 3 is 1.35 bits per heavy atom. The third-order valence-corrected chi connectivity index (χ3v) is 4.33. The van der Waals surface area contributed by atoms with Gasteiger partial charge in [0.2, 0.25) is 0 Å². The highest BCUT2D eigenvalue weighted by Gasteiger charge is 2.11. The molecule has 0 atom stereocenters. The predicted octanol–water partition coefficient (Wildman–Crippen LogP) is 1.75. The molecule has 9 heteroatoms. The number of nitrogen functional groups attached to an aromatic ring is 4. The van der Waals surface area contributed by atoms with Crippen molar-refractivity contribution in [3.63, 3.8) is 0 Å². The van der Waals surface area contributed by atoms with Gasteiger partial charge in [0.25, 0.3) is 0 Å². The van der Waals surface area contributed by atoms with Crippen LogP contribution < -0.4 is 40.1 Å². The van der Waals surface area contributed by atoms with Crippen LogP contribution in [0.3, 0.4) is 0 Å². The highest BCUT2D eigenvalue weighted by Crippen LogP contribution is 2.33. The normalized spacial score (nSPS) is 11.2. The molecule has 0 unspecified atom stereocenters. The van der Waals surface area contributed by atoms with Crippen molar-refractivity contribution in [1.29, 1.82) is 0 Å². The van der Waals surface area contributed by atoms with E-state index in [1.54, 1.807) is 36.4 Å². The van der Waals surface area contributed by atoms with Crippen LogP contribution >= 0.6 is 0 Å². The number of hydrogen-bond donors (Lipinski definition) is 7. The van der Waals surface area contributed by atoms with E-state index in [1.807, 2.05) is 18.2 Å². The standard InChI is InChI=1S/C22H25N9/c1-11(23)2-12(6-18(24)25)13-3-14(16-7-19(26)30-20(27)8-16)5-15(4-13)17-9-21(28)31-22(29)10-17/h2-10H,1,23-25H2,(H4,26,27,30)(H4,28,29,31)/b12-2+. The minimum absolute atomic E-state index is 0.120. The van der Waals surface area contributed by atoms with Crippen LogP contribution in [-0.2, 0) is 0 Å². The first-order chi connectivity index (χ1) is 14.6. The van der Waals surface area contributed by atoms with Crippen LogP contribution in [0.4, 0.5) is 23.3 Å². The molecule has 3 rings (SSSR count). The summed E-state index contributed by atoms with van der Waals surface area (Å²) in [4.78, 5) is 8.06. The van der Waals surface area contributed by atoms with Crippen LogP contribution in [0.2, 0.25) is 0 Å². The Morgan fingerprint density at radius 1 is 0.613 bits per heavy atom. The van der Waals surface area contributed by atoms with E-state index < -0.39 is 0 Å². The van der Waals surface area contributed by atoms with Gasteiger partial charge in [0.15, 0.2) is 0 Å². The molecule has 9 nitrogen and oxygen atoms in total. The van der Waals surface area contributed by atoms with Gasteiger partial charge in [-0.25, -0.2) is 9.97 Å². The van der Waals surface area contributed by atoms with E-state index in [1.165, 1.54) is 0 Å². The monoisotopic (exact) mass is 415 g/mol. The number of nitrogens with two attached hydrogens (primary N) is 7. The van der Waals surface area contributed by atoms with Crippen LogP contribution in [0.25, 0.3) is 27.8 Å². The van der Waals surface area contributed by atoms with E-state index in [0.717, 1.165) is 27.8 Å². The van der Waals surface area contributed by atoms with Gasteiger partial charge in [-0.2, -0.15) is 0 Å². The fourth-order valence-corrected chi connectivity index (χ4v) is 3.20. The van der Waals surface area contributed by atoms with Crippen molar-refractivity contribution >= 4 is 28.8 Å². The van der Waals surface area contributed by atoms with Crippen LogP contribution in [0, 0.1) is 0 Å². The number of hydrogen-bond acceptors (Lipinski definition) is 9. The lowest BCUT2D eigenvalue weighted by Crippen LogP contribution is -2.08. The van der Waals surface area contributed by atoms with Crippen molar-refractivity contribution in [2.24, 2.45) is 17.2 Å². The molecular weight excluding hydrogens is 390 g/mol. The summed E-state index contributed by atoms with van der Waals surface area (Å²) >= 11 is 0. The van der Waals surface area contributed by atoms with Crippen LogP contribution in [0.5, 0.6) is 0 Å². The lowest BCUT2D eigenvalue weighted by Gasteiger charge is -2.13. The lowest BCUT2D eigenvalue weighted by molar-refractivity contribution is 1.25. The van der Waals surface area contributed by atoms with Gasteiger partial charge in [-0.3, -0.25) is 0 Å². The van der Waals surface area contributed by atoms with Gasteiger partial charge in [0.05, 0.1) is 5.82 Å². The molecule has 3 aromatic rings. The second-order valence-electron chi connectivity index (χ2n) is 7.03. The fraction of sp³-hybridized carbons (Fsp3) is 0. The van der Waals surface area contributed by atoms with Crippen LogP contribution in [-0.4, -0.2) is 9.97 Å². The number of allylic oxidation sites excluding steroid dienone is 3. The number of pyridine rings is 2. The molecule has 0 aliphatic heterocycles. The molecule has 2 heterocycles. The number of benzene rings is 1. The molecule has 158 valence electrons. The molecule has 1 aromatic carbocycles. The van der Waals surface area contributed by atoms with Crippen LogP contribution in [0.15, 0.2) is 72.7 Å². The van der Waals surface area contributed by atoms with Crippen molar-refractivity contribution < 1.29 is 0 Å². The minimum Gasteiger partial charge on any atom is -0.399 e. The Balaban J connectivity index is 2.32. The van der Waals surface area contributed by atoms with E-state index >= 15 is 0 Å². The second kappa shape index (κ2) is 8.37. The van der Waals surface area contributed by atoms with E-state index in [9.17, 15) is 0 Å². The molecular formula is C22H25N9. The highest BCUT2D eigenvalue weighted by atomic mass is 14.9. The number of rotatable bonds is 5. The summed E-state index contributed by atoms with van der Waals surface area (Å²) in [5.41, 5.74) is 45.9. The first-order valence-corrected chi connectivity index (χ1v) is 9.21. The van der Waals surface area contributed by atoms with E-state index in [-0.39, 0.29) is 5.82 Å². The molecule has 0 saturated carbocycles. The molecule has 0 spiro atoms. The minimum atomic E-state index is 0.120. The summed E-state index contributed by atoms with van der Waals surface area (Å²) in [5.74, 6) is 1.33. The highest BCUT2D eigenvalue weighted by molar-refractivity contribution is 5.85. The molecule has 0 saturated heterocycles. The molecule has 0 fully saturated rings. The SMILES string of the molecule is C=C(N)/C=C(\C=C(N)N)c1cc(-c2cc(N)nc(N)c2)cc(-c2cc(N)nc(N)c2)c1. The molecule has 2 aromatic heterocycles. The van der Waals surface area contributed by atoms with Crippen molar-refractivity contribution in [3.8, 4) is 22.3 Å². The van der Waals surface area contributed by atoms with Crippen LogP contribution in [0.1, 0.15) is 5.56 Å². The van der Waals surface area contributed by atoms with Gasteiger partial charge in [-0.05, 0) is 88.0 Å². The Labute approximate surface area is 179 Å². The second-order valence-corrected chi connectivity index (χ2v) is 7.03. The summed E-state index contributed by atoms with van der Waals surface area (Å²) in [6.07, 6.45) is 3.28. The van der Waals surface area contributed by atoms with E-state index in [0.29, 0.717) is 34.5 Å². The van der Waals surface area contributed by atoms with Crippen molar-refractivity contribution in [2.45, 2.75) is 0 Å². The van der Waals surface area contributed by atoms with Gasteiger partial charge < -0.3 is 40.1 Å². The van der Waals surface area contributed by atoms with E-state index in [2.05, 4.69) is 16.5 Å². The summed E-state index contributed by atoms with van der Waals surface area (Å²) in [5, 5.41) is 0. The molecule has 14 N–H and O–H groups in total. The topological polar surface area (TPSA) is 208 Å². The van der Waals surface area contributed by atoms with Crippen molar-refractivity contribution in [1.82, 2.24) is 9.97 Å². The zero-order valence-electron chi connectivity index (χ0n) is 16.8. The van der Waals surface area contributed by atoms with Crippen molar-refractivity contribution in [2.75, 3.05) is 22.9 Å². The van der Waals surface area contributed by atoms with E-state index in [4.69, 9.17) is 40.1 Å².